The van der Waals surface area contributed by atoms with Crippen molar-refractivity contribution in [2.75, 3.05) is 23.6 Å². The molecule has 3 rings (SSSR count). The van der Waals surface area contributed by atoms with Gasteiger partial charge in [0.25, 0.3) is 20.2 Å². The second kappa shape index (κ2) is 11.0. The van der Waals surface area contributed by atoms with Crippen molar-refractivity contribution in [1.29, 1.82) is 0 Å². The van der Waals surface area contributed by atoms with Crippen molar-refractivity contribution in [3.63, 3.8) is 0 Å². The van der Waals surface area contributed by atoms with Gasteiger partial charge in [0.05, 0.1) is 28.6 Å². The number of hydrogen-bond acceptors (Lipinski definition) is 12. The standard InChI is InChI=1S/C19H19N3O12S4/c23-35(24,10-9-34-38(31,32)33)14-4-1-3-13(11-14)21-22-19-16-5-2-6-18(37(28,29)30)15(16)7-8-17(19)20-12-36(25,26)27/h1-8,11,20H,9-10,12H2,(H,25,26,27)(H,28,29,30)(H,31,32,33). The molecule has 38 heavy (non-hydrogen) atoms. The van der Waals surface area contributed by atoms with Gasteiger partial charge in [0, 0.05) is 10.8 Å². The maximum atomic E-state index is 12.5. The predicted octanol–water partition coefficient (Wildman–Crippen LogP) is 2.35. The fourth-order valence-electron chi connectivity index (χ4n) is 3.17. The van der Waals surface area contributed by atoms with Gasteiger partial charge < -0.3 is 5.32 Å². The van der Waals surface area contributed by atoms with E-state index in [0.717, 1.165) is 12.1 Å². The zero-order chi connectivity index (χ0) is 28.4. The maximum Gasteiger partial charge on any atom is 0.397 e. The van der Waals surface area contributed by atoms with E-state index in [2.05, 4.69) is 19.7 Å². The molecule has 206 valence electrons. The van der Waals surface area contributed by atoms with Gasteiger partial charge in [0.1, 0.15) is 16.5 Å². The molecule has 0 saturated carbocycles. The number of rotatable bonds is 11. The average Bonchev–Trinajstić information content (AvgIpc) is 2.79. The summed E-state index contributed by atoms with van der Waals surface area (Å²) in [5, 5.41) is 10.5. The lowest BCUT2D eigenvalue weighted by atomic mass is 10.1. The van der Waals surface area contributed by atoms with Crippen LogP contribution in [0.2, 0.25) is 0 Å². The molecule has 15 nitrogen and oxygen atoms in total. The number of anilines is 1. The van der Waals surface area contributed by atoms with Crippen LogP contribution in [0.4, 0.5) is 17.1 Å². The van der Waals surface area contributed by atoms with Crippen LogP contribution in [-0.2, 0) is 44.7 Å². The quantitative estimate of drug-likeness (QED) is 0.180. The summed E-state index contributed by atoms with van der Waals surface area (Å²) >= 11 is 0. The first-order valence-electron chi connectivity index (χ1n) is 10.0. The third kappa shape index (κ3) is 7.98. The second-order valence-electron chi connectivity index (χ2n) is 7.46. The minimum Gasteiger partial charge on any atom is -0.368 e. The molecule has 0 aromatic heterocycles. The van der Waals surface area contributed by atoms with Crippen LogP contribution in [0.1, 0.15) is 0 Å². The van der Waals surface area contributed by atoms with Crippen LogP contribution in [0.5, 0.6) is 0 Å². The van der Waals surface area contributed by atoms with Crippen molar-refractivity contribution in [2.45, 2.75) is 9.79 Å². The van der Waals surface area contributed by atoms with E-state index in [4.69, 9.17) is 9.11 Å². The molecule has 0 unspecified atom stereocenters. The summed E-state index contributed by atoms with van der Waals surface area (Å²) in [6.07, 6.45) is 0. The Morgan fingerprint density at radius 1 is 0.789 bits per heavy atom. The van der Waals surface area contributed by atoms with Crippen molar-refractivity contribution in [1.82, 2.24) is 0 Å². The summed E-state index contributed by atoms with van der Waals surface area (Å²) < 4.78 is 124. The van der Waals surface area contributed by atoms with Gasteiger partial charge in [-0.2, -0.15) is 30.4 Å². The lowest BCUT2D eigenvalue weighted by Gasteiger charge is -2.12. The SMILES string of the molecule is O=S(=O)(O)CNc1ccc2c(S(=O)(=O)O)cccc2c1N=Nc1cccc(S(=O)(=O)CCOS(=O)(=O)O)c1. The monoisotopic (exact) mass is 609 g/mol. The average molecular weight is 610 g/mol. The summed E-state index contributed by atoms with van der Waals surface area (Å²) in [6, 6.07) is 11.3. The van der Waals surface area contributed by atoms with Gasteiger partial charge >= 0.3 is 10.4 Å². The van der Waals surface area contributed by atoms with Gasteiger partial charge in [-0.3, -0.25) is 13.7 Å². The molecule has 0 aliphatic carbocycles. The topological polar surface area (TPSA) is 243 Å². The second-order valence-corrected chi connectivity index (χ2v) is 13.5. The van der Waals surface area contributed by atoms with Crippen LogP contribution in [-0.4, -0.2) is 65.6 Å². The van der Waals surface area contributed by atoms with Gasteiger partial charge in [-0.25, -0.2) is 12.6 Å². The summed E-state index contributed by atoms with van der Waals surface area (Å²) in [5.74, 6) is -1.73. The fourth-order valence-corrected chi connectivity index (χ4v) is 5.74. The summed E-state index contributed by atoms with van der Waals surface area (Å²) in [7, 11) is -18.1. The van der Waals surface area contributed by atoms with Crippen molar-refractivity contribution >= 4 is 68.3 Å². The van der Waals surface area contributed by atoms with Crippen LogP contribution in [0, 0.1) is 0 Å². The third-order valence-corrected chi connectivity index (χ3v) is 8.30. The summed E-state index contributed by atoms with van der Waals surface area (Å²) in [6.45, 7) is -0.845. The molecule has 3 aromatic rings. The highest BCUT2D eigenvalue weighted by Crippen LogP contribution is 2.38. The number of benzene rings is 3. The molecule has 0 saturated heterocycles. The Hall–Kier alpha value is -3.04. The normalized spacial score (nSPS) is 13.2. The number of sulfone groups is 1. The molecule has 0 spiro atoms. The van der Waals surface area contributed by atoms with E-state index in [1.54, 1.807) is 0 Å². The molecule has 4 N–H and O–H groups in total. The zero-order valence-corrected chi connectivity index (χ0v) is 22.1. The first-order valence-corrected chi connectivity index (χ1v) is 16.1. The minimum atomic E-state index is -4.84. The van der Waals surface area contributed by atoms with Crippen LogP contribution in [0.15, 0.2) is 74.6 Å². The van der Waals surface area contributed by atoms with E-state index < -0.39 is 63.6 Å². The van der Waals surface area contributed by atoms with E-state index in [1.807, 2.05) is 0 Å². The molecule has 0 bridgehead atoms. The lowest BCUT2D eigenvalue weighted by Crippen LogP contribution is -2.15. The van der Waals surface area contributed by atoms with Crippen molar-refractivity contribution in [3.05, 3.63) is 54.6 Å². The highest BCUT2D eigenvalue weighted by atomic mass is 32.3. The highest BCUT2D eigenvalue weighted by Gasteiger charge is 2.19. The molecule has 0 aliphatic rings. The predicted molar refractivity (Wildman–Crippen MR) is 134 cm³/mol. The molecule has 19 heteroatoms. The molecule has 0 radical (unpaired) electrons. The highest BCUT2D eigenvalue weighted by molar-refractivity contribution is 7.91. The van der Waals surface area contributed by atoms with E-state index in [9.17, 15) is 38.2 Å². The maximum absolute atomic E-state index is 12.5. The first kappa shape index (κ1) is 29.5. The molecule has 0 amide bonds. The van der Waals surface area contributed by atoms with Gasteiger partial charge in [0.2, 0.25) is 0 Å². The first-order chi connectivity index (χ1) is 17.5. The van der Waals surface area contributed by atoms with E-state index in [0.29, 0.717) is 0 Å². The number of fused-ring (bicyclic) bond motifs is 1. The fraction of sp³-hybridized carbons (Fsp3) is 0.158. The molecule has 0 aliphatic heterocycles. The molecular formula is C19H19N3O12S4. The Bertz CT molecular complexity index is 1840. The minimum absolute atomic E-state index is 0.00231. The zero-order valence-electron chi connectivity index (χ0n) is 18.9. The lowest BCUT2D eigenvalue weighted by molar-refractivity contribution is 0.284. The Morgan fingerprint density at radius 3 is 2.11 bits per heavy atom. The summed E-state index contributed by atoms with van der Waals surface area (Å²) in [4.78, 5) is -0.753. The van der Waals surface area contributed by atoms with Crippen LogP contribution < -0.4 is 5.32 Å². The number of hydrogen-bond donors (Lipinski definition) is 4. The van der Waals surface area contributed by atoms with Gasteiger partial charge in [-0.1, -0.05) is 24.3 Å². The van der Waals surface area contributed by atoms with E-state index in [1.165, 1.54) is 42.5 Å². The van der Waals surface area contributed by atoms with Gasteiger partial charge in [-0.05, 0) is 30.3 Å². The number of azo groups is 1. The van der Waals surface area contributed by atoms with Crippen molar-refractivity contribution < 1.29 is 51.5 Å². The molecule has 3 aromatic carbocycles. The molecule has 0 atom stereocenters. The van der Waals surface area contributed by atoms with E-state index >= 15 is 0 Å². The summed E-state index contributed by atoms with van der Waals surface area (Å²) in [5.41, 5.74) is -0.130. The van der Waals surface area contributed by atoms with Crippen molar-refractivity contribution in [3.8, 4) is 0 Å². The third-order valence-electron chi connectivity index (χ3n) is 4.74. The van der Waals surface area contributed by atoms with Gasteiger partial charge in [-0.15, -0.1) is 5.11 Å². The largest absolute Gasteiger partial charge is 0.397 e. The Labute approximate surface area is 217 Å². The molecule has 0 fully saturated rings. The van der Waals surface area contributed by atoms with Crippen LogP contribution in [0.25, 0.3) is 10.8 Å². The Balaban J connectivity index is 2.06. The van der Waals surface area contributed by atoms with Crippen molar-refractivity contribution in [2.24, 2.45) is 10.2 Å². The Morgan fingerprint density at radius 2 is 1.47 bits per heavy atom. The number of nitrogens with one attached hydrogen (secondary N) is 1. The molecule has 0 heterocycles. The van der Waals surface area contributed by atoms with Crippen LogP contribution >= 0.6 is 0 Å². The molecular weight excluding hydrogens is 590 g/mol. The Kier molecular flexibility index (Phi) is 8.53. The van der Waals surface area contributed by atoms with Gasteiger partial charge in [0.15, 0.2) is 9.84 Å². The van der Waals surface area contributed by atoms with Crippen LogP contribution in [0.3, 0.4) is 0 Å². The van der Waals surface area contributed by atoms with E-state index in [-0.39, 0.29) is 32.7 Å². The smallest absolute Gasteiger partial charge is 0.368 e. The number of nitrogens with zero attached hydrogens (tertiary/aromatic N) is 2.